The maximum absolute atomic E-state index is 11.7. The van der Waals surface area contributed by atoms with Gasteiger partial charge < -0.3 is 20.3 Å². The highest BCUT2D eigenvalue weighted by molar-refractivity contribution is 5.75. The van der Waals surface area contributed by atoms with Crippen molar-refractivity contribution in [2.24, 2.45) is 5.73 Å². The topological polar surface area (TPSA) is 81.8 Å². The van der Waals surface area contributed by atoms with E-state index >= 15 is 0 Å². The van der Waals surface area contributed by atoms with Crippen LogP contribution in [0.25, 0.3) is 0 Å². The molecule has 5 nitrogen and oxygen atoms in total. The van der Waals surface area contributed by atoms with E-state index in [0.29, 0.717) is 19.6 Å². The summed E-state index contributed by atoms with van der Waals surface area (Å²) < 4.78 is 10.3. The van der Waals surface area contributed by atoms with Gasteiger partial charge in [0.2, 0.25) is 0 Å². The highest BCUT2D eigenvalue weighted by Crippen LogP contribution is 2.11. The molecule has 112 valence electrons. The lowest BCUT2D eigenvalue weighted by Crippen LogP contribution is -2.35. The third-order valence-corrected chi connectivity index (χ3v) is 2.81. The fourth-order valence-electron chi connectivity index (χ4n) is 1.63. The zero-order chi connectivity index (χ0) is 14.8. The van der Waals surface area contributed by atoms with E-state index in [1.807, 2.05) is 0 Å². The lowest BCUT2D eigenvalue weighted by Gasteiger charge is -2.12. The van der Waals surface area contributed by atoms with Crippen LogP contribution in [-0.2, 0) is 20.7 Å². The van der Waals surface area contributed by atoms with E-state index < -0.39 is 12.0 Å². The zero-order valence-electron chi connectivity index (χ0n) is 11.9. The maximum Gasteiger partial charge on any atom is 0.323 e. The average molecular weight is 281 g/mol. The van der Waals surface area contributed by atoms with E-state index in [1.54, 1.807) is 24.3 Å². The van der Waals surface area contributed by atoms with Gasteiger partial charge in [-0.3, -0.25) is 4.79 Å². The summed E-state index contributed by atoms with van der Waals surface area (Å²) >= 11 is 0. The predicted octanol–water partition coefficient (Wildman–Crippen LogP) is 1.62. The molecule has 0 bridgehead atoms. The number of benzene rings is 1. The zero-order valence-corrected chi connectivity index (χ0v) is 11.9. The summed E-state index contributed by atoms with van der Waals surface area (Å²) in [4.78, 5) is 11.7. The second kappa shape index (κ2) is 9.34. The number of carbonyl (C=O) groups excluding carboxylic acids is 1. The van der Waals surface area contributed by atoms with Gasteiger partial charge in [-0.2, -0.15) is 0 Å². The van der Waals surface area contributed by atoms with Crippen molar-refractivity contribution < 1.29 is 19.4 Å². The van der Waals surface area contributed by atoms with Crippen molar-refractivity contribution in [3.63, 3.8) is 0 Å². The maximum atomic E-state index is 11.7. The molecule has 1 rings (SSSR count). The Labute approximate surface area is 119 Å². The van der Waals surface area contributed by atoms with Crippen LogP contribution in [-0.4, -0.2) is 36.9 Å². The van der Waals surface area contributed by atoms with Gasteiger partial charge in [0.05, 0.1) is 6.61 Å². The minimum atomic E-state index is -0.699. The Bertz CT molecular complexity index is 391. The van der Waals surface area contributed by atoms with E-state index in [9.17, 15) is 4.79 Å². The molecule has 1 unspecified atom stereocenters. The fourth-order valence-corrected chi connectivity index (χ4v) is 1.63. The van der Waals surface area contributed by atoms with E-state index in [-0.39, 0.29) is 12.4 Å². The van der Waals surface area contributed by atoms with E-state index in [1.165, 1.54) is 0 Å². The summed E-state index contributed by atoms with van der Waals surface area (Å²) in [6.45, 7) is 3.41. The molecular weight excluding hydrogens is 258 g/mol. The number of rotatable bonds is 9. The van der Waals surface area contributed by atoms with Crippen LogP contribution in [0.15, 0.2) is 24.3 Å². The molecule has 0 saturated heterocycles. The number of nitrogens with two attached hydrogens (primary N) is 1. The van der Waals surface area contributed by atoms with Gasteiger partial charge in [0.25, 0.3) is 0 Å². The van der Waals surface area contributed by atoms with Crippen LogP contribution in [0.5, 0.6) is 5.75 Å². The number of hydrogen-bond acceptors (Lipinski definition) is 5. The quantitative estimate of drug-likeness (QED) is 0.531. The Morgan fingerprint density at radius 2 is 1.95 bits per heavy atom. The number of phenolic OH excluding ortho intramolecular Hbond substituents is 1. The van der Waals surface area contributed by atoms with Gasteiger partial charge in [-0.15, -0.1) is 0 Å². The van der Waals surface area contributed by atoms with Crippen molar-refractivity contribution in [1.82, 2.24) is 0 Å². The molecule has 0 fully saturated rings. The summed E-state index contributed by atoms with van der Waals surface area (Å²) in [6.07, 6.45) is 2.47. The molecule has 0 spiro atoms. The number of unbranched alkanes of at least 4 members (excludes halogenated alkanes) is 1. The van der Waals surface area contributed by atoms with Crippen molar-refractivity contribution in [2.45, 2.75) is 32.2 Å². The first-order chi connectivity index (χ1) is 9.63. The Kier molecular flexibility index (Phi) is 7.69. The first kappa shape index (κ1) is 16.5. The number of esters is 1. The van der Waals surface area contributed by atoms with Crippen LogP contribution in [0.1, 0.15) is 25.3 Å². The van der Waals surface area contributed by atoms with Crippen LogP contribution >= 0.6 is 0 Å². The number of carbonyl (C=O) groups is 1. The smallest absolute Gasteiger partial charge is 0.323 e. The van der Waals surface area contributed by atoms with Crippen LogP contribution in [0.2, 0.25) is 0 Å². The Balaban J connectivity index is 2.20. The molecule has 0 radical (unpaired) electrons. The van der Waals surface area contributed by atoms with Crippen molar-refractivity contribution in [3.8, 4) is 5.75 Å². The summed E-state index contributed by atoms with van der Waals surface area (Å²) in [5.74, 6) is -0.244. The monoisotopic (exact) mass is 281 g/mol. The standard InChI is InChI=1S/C15H23NO4/c1-2-3-8-19-9-10-20-15(18)14(16)11-12-4-6-13(17)7-5-12/h4-7,14,17H,2-3,8-11,16H2,1H3. The Morgan fingerprint density at radius 3 is 2.60 bits per heavy atom. The molecule has 1 aromatic rings. The SMILES string of the molecule is CCCCOCCOC(=O)C(N)Cc1ccc(O)cc1. The van der Waals surface area contributed by atoms with Gasteiger partial charge in [-0.25, -0.2) is 0 Å². The van der Waals surface area contributed by atoms with Gasteiger partial charge >= 0.3 is 5.97 Å². The molecular formula is C15H23NO4. The molecule has 0 heterocycles. The first-order valence-electron chi connectivity index (χ1n) is 6.91. The van der Waals surface area contributed by atoms with Crippen molar-refractivity contribution >= 4 is 5.97 Å². The third kappa shape index (κ3) is 6.54. The van der Waals surface area contributed by atoms with Crippen molar-refractivity contribution in [3.05, 3.63) is 29.8 Å². The molecule has 0 aliphatic rings. The molecule has 1 aromatic carbocycles. The summed E-state index contributed by atoms with van der Waals surface area (Å²) in [5, 5.41) is 9.17. The lowest BCUT2D eigenvalue weighted by atomic mass is 10.1. The summed E-state index contributed by atoms with van der Waals surface area (Å²) in [6, 6.07) is 5.89. The second-order valence-electron chi connectivity index (χ2n) is 4.61. The Morgan fingerprint density at radius 1 is 1.25 bits per heavy atom. The van der Waals surface area contributed by atoms with Crippen LogP contribution < -0.4 is 5.73 Å². The van der Waals surface area contributed by atoms with Gasteiger partial charge in [0.15, 0.2) is 0 Å². The van der Waals surface area contributed by atoms with Crippen LogP contribution in [0.4, 0.5) is 0 Å². The molecule has 0 aliphatic heterocycles. The molecule has 3 N–H and O–H groups in total. The van der Waals surface area contributed by atoms with Crippen molar-refractivity contribution in [2.75, 3.05) is 19.8 Å². The molecule has 1 atom stereocenters. The molecule has 5 heteroatoms. The second-order valence-corrected chi connectivity index (χ2v) is 4.61. The van der Waals surface area contributed by atoms with E-state index in [0.717, 1.165) is 18.4 Å². The fraction of sp³-hybridized carbons (Fsp3) is 0.533. The number of aromatic hydroxyl groups is 1. The summed E-state index contributed by atoms with van der Waals surface area (Å²) in [7, 11) is 0. The van der Waals surface area contributed by atoms with Gasteiger partial charge in [0, 0.05) is 6.61 Å². The predicted molar refractivity (Wildman–Crippen MR) is 76.5 cm³/mol. The highest BCUT2D eigenvalue weighted by Gasteiger charge is 2.15. The minimum absolute atomic E-state index is 0.189. The molecule has 0 amide bonds. The minimum Gasteiger partial charge on any atom is -0.508 e. The lowest BCUT2D eigenvalue weighted by molar-refractivity contribution is -0.146. The highest BCUT2D eigenvalue weighted by atomic mass is 16.6. The third-order valence-electron chi connectivity index (χ3n) is 2.81. The van der Waals surface area contributed by atoms with Crippen molar-refractivity contribution in [1.29, 1.82) is 0 Å². The molecule has 0 aromatic heterocycles. The summed E-state index contributed by atoms with van der Waals surface area (Å²) in [5.41, 5.74) is 6.65. The van der Waals surface area contributed by atoms with Gasteiger partial charge in [-0.1, -0.05) is 25.5 Å². The number of hydrogen-bond donors (Lipinski definition) is 2. The Hall–Kier alpha value is -1.59. The first-order valence-corrected chi connectivity index (χ1v) is 6.91. The normalized spacial score (nSPS) is 12.1. The molecule has 20 heavy (non-hydrogen) atoms. The molecule has 0 aliphatic carbocycles. The average Bonchev–Trinajstić information content (AvgIpc) is 2.45. The van der Waals surface area contributed by atoms with Gasteiger partial charge in [0.1, 0.15) is 18.4 Å². The largest absolute Gasteiger partial charge is 0.508 e. The number of ether oxygens (including phenoxy) is 2. The van der Waals surface area contributed by atoms with E-state index in [4.69, 9.17) is 20.3 Å². The van der Waals surface area contributed by atoms with Crippen LogP contribution in [0.3, 0.4) is 0 Å². The van der Waals surface area contributed by atoms with Crippen LogP contribution in [0, 0.1) is 0 Å². The van der Waals surface area contributed by atoms with E-state index in [2.05, 4.69) is 6.92 Å². The number of phenols is 1. The molecule has 0 saturated carbocycles. The van der Waals surface area contributed by atoms with Gasteiger partial charge in [-0.05, 0) is 30.5 Å².